The van der Waals surface area contributed by atoms with E-state index in [4.69, 9.17) is 14.0 Å². The van der Waals surface area contributed by atoms with Crippen LogP contribution in [0.25, 0.3) is 0 Å². The molecule has 0 heterocycles. The van der Waals surface area contributed by atoms with Crippen LogP contribution in [0.5, 0.6) is 11.5 Å². The zero-order valence-electron chi connectivity index (χ0n) is 19.3. The molecule has 2 saturated carbocycles. The topological polar surface area (TPSA) is 65.0 Å². The molecule has 0 saturated heterocycles. The van der Waals surface area contributed by atoms with Crippen molar-refractivity contribution in [1.82, 2.24) is 0 Å². The first-order valence-corrected chi connectivity index (χ1v) is 13.2. The summed E-state index contributed by atoms with van der Waals surface area (Å²) in [6, 6.07) is 13.0. The van der Waals surface area contributed by atoms with Gasteiger partial charge < -0.3 is 18.9 Å². The molecule has 5 nitrogen and oxygen atoms in total. The van der Waals surface area contributed by atoms with Gasteiger partial charge in [-0.05, 0) is 105 Å². The summed E-state index contributed by atoms with van der Waals surface area (Å²) in [5.74, 6) is 2.63. The molecular formula is C26H34FO5P. The zero-order valence-corrected chi connectivity index (χ0v) is 20.3. The average Bonchev–Trinajstić information content (AvgIpc) is 3.63. The van der Waals surface area contributed by atoms with Crippen molar-refractivity contribution in [3.63, 3.8) is 0 Å². The first-order valence-electron chi connectivity index (χ1n) is 11.9. The Hall–Kier alpha value is -1.88. The van der Waals surface area contributed by atoms with Gasteiger partial charge in [0, 0.05) is 5.92 Å². The van der Waals surface area contributed by atoms with Crippen molar-refractivity contribution in [2.75, 3.05) is 13.7 Å². The Labute approximate surface area is 196 Å². The lowest BCUT2D eigenvalue weighted by atomic mass is 9.79. The van der Waals surface area contributed by atoms with Gasteiger partial charge in [0.15, 0.2) is 0 Å². The Morgan fingerprint density at radius 1 is 1.06 bits per heavy atom. The van der Waals surface area contributed by atoms with Crippen LogP contribution in [0.15, 0.2) is 42.5 Å². The number of hydrogen-bond donors (Lipinski definition) is 1. The molecule has 180 valence electrons. The zero-order chi connectivity index (χ0) is 23.4. The van der Waals surface area contributed by atoms with Gasteiger partial charge in [-0.1, -0.05) is 12.1 Å². The molecule has 2 fully saturated rings. The number of halogens is 1. The SMILES string of the molecule is COc1ccc(F)c([C@H]2CC[C@H](COc3cccc(C(C4CC4)C(C)O[PH](=O)O)c3)CC2)c1. The second-order valence-electron chi connectivity index (χ2n) is 9.44. The lowest BCUT2D eigenvalue weighted by Gasteiger charge is -2.29. The number of methoxy groups -OCH3 is 1. The fraction of sp³-hybridized carbons (Fsp3) is 0.538. The summed E-state index contributed by atoms with van der Waals surface area (Å²) >= 11 is 0. The minimum Gasteiger partial charge on any atom is -0.497 e. The number of benzene rings is 2. The Morgan fingerprint density at radius 3 is 2.48 bits per heavy atom. The predicted octanol–water partition coefficient (Wildman–Crippen LogP) is 6.47. The summed E-state index contributed by atoms with van der Waals surface area (Å²) in [4.78, 5) is 9.21. The molecule has 7 heteroatoms. The van der Waals surface area contributed by atoms with Crippen molar-refractivity contribution >= 4 is 8.25 Å². The minimum absolute atomic E-state index is 0.0999. The van der Waals surface area contributed by atoms with Crippen LogP contribution < -0.4 is 9.47 Å². The van der Waals surface area contributed by atoms with E-state index < -0.39 is 8.25 Å². The highest BCUT2D eigenvalue weighted by atomic mass is 31.1. The molecule has 4 rings (SSSR count). The molecule has 0 aliphatic heterocycles. The second-order valence-corrected chi connectivity index (χ2v) is 10.2. The quantitative estimate of drug-likeness (QED) is 0.398. The molecular weight excluding hydrogens is 442 g/mol. The van der Waals surface area contributed by atoms with Crippen molar-refractivity contribution in [2.45, 2.75) is 63.4 Å². The Balaban J connectivity index is 1.33. The number of rotatable bonds is 10. The molecule has 0 bridgehead atoms. The lowest BCUT2D eigenvalue weighted by Crippen LogP contribution is -2.20. The fourth-order valence-corrected chi connectivity index (χ4v) is 5.71. The van der Waals surface area contributed by atoms with E-state index in [9.17, 15) is 13.8 Å². The maximum atomic E-state index is 14.3. The highest BCUT2D eigenvalue weighted by Gasteiger charge is 2.37. The Bertz CT molecular complexity index is 955. The molecule has 0 radical (unpaired) electrons. The molecule has 2 aliphatic rings. The third kappa shape index (κ3) is 6.38. The average molecular weight is 477 g/mol. The summed E-state index contributed by atoms with van der Waals surface area (Å²) in [5.41, 5.74) is 1.86. The first-order chi connectivity index (χ1) is 15.9. The molecule has 2 aromatic rings. The van der Waals surface area contributed by atoms with Gasteiger partial charge in [-0.15, -0.1) is 0 Å². The van der Waals surface area contributed by atoms with Crippen molar-refractivity contribution < 1.29 is 27.8 Å². The van der Waals surface area contributed by atoms with Crippen LogP contribution in [-0.4, -0.2) is 24.7 Å². The smallest absolute Gasteiger partial charge is 0.316 e. The van der Waals surface area contributed by atoms with Gasteiger partial charge in [-0.25, -0.2) is 4.39 Å². The van der Waals surface area contributed by atoms with E-state index >= 15 is 0 Å². The van der Waals surface area contributed by atoms with Crippen LogP contribution in [0.3, 0.4) is 0 Å². The van der Waals surface area contributed by atoms with Crippen LogP contribution in [0.2, 0.25) is 0 Å². The molecule has 2 aliphatic carbocycles. The van der Waals surface area contributed by atoms with E-state index in [2.05, 4.69) is 12.1 Å². The highest BCUT2D eigenvalue weighted by molar-refractivity contribution is 7.32. The summed E-state index contributed by atoms with van der Waals surface area (Å²) in [5, 5.41) is 0. The lowest BCUT2D eigenvalue weighted by molar-refractivity contribution is 0.166. The number of ether oxygens (including phenoxy) is 2. The highest BCUT2D eigenvalue weighted by Crippen LogP contribution is 2.47. The molecule has 2 aromatic carbocycles. The van der Waals surface area contributed by atoms with Gasteiger partial charge in [0.1, 0.15) is 17.3 Å². The van der Waals surface area contributed by atoms with E-state index in [-0.39, 0.29) is 23.8 Å². The van der Waals surface area contributed by atoms with Gasteiger partial charge in [0.2, 0.25) is 0 Å². The fourth-order valence-electron chi connectivity index (χ4n) is 5.24. The number of hydrogen-bond acceptors (Lipinski definition) is 4. The van der Waals surface area contributed by atoms with Crippen LogP contribution in [0, 0.1) is 17.7 Å². The van der Waals surface area contributed by atoms with E-state index in [1.165, 1.54) is 6.07 Å². The van der Waals surface area contributed by atoms with E-state index in [0.717, 1.165) is 55.4 Å². The summed E-state index contributed by atoms with van der Waals surface area (Å²) in [6.45, 7) is 2.51. The monoisotopic (exact) mass is 476 g/mol. The van der Waals surface area contributed by atoms with Crippen molar-refractivity contribution in [3.05, 3.63) is 59.4 Å². The maximum absolute atomic E-state index is 14.3. The molecule has 3 atom stereocenters. The molecule has 33 heavy (non-hydrogen) atoms. The van der Waals surface area contributed by atoms with Crippen LogP contribution in [0.4, 0.5) is 4.39 Å². The van der Waals surface area contributed by atoms with Gasteiger partial charge in [-0.3, -0.25) is 4.57 Å². The molecule has 0 spiro atoms. The largest absolute Gasteiger partial charge is 0.497 e. The van der Waals surface area contributed by atoms with E-state index in [0.29, 0.717) is 24.2 Å². The van der Waals surface area contributed by atoms with Gasteiger partial charge in [0.05, 0.1) is 19.8 Å². The van der Waals surface area contributed by atoms with Crippen LogP contribution in [0.1, 0.15) is 68.4 Å². The van der Waals surface area contributed by atoms with E-state index in [1.807, 2.05) is 25.1 Å². The second kappa shape index (κ2) is 11.0. The summed E-state index contributed by atoms with van der Waals surface area (Å²) < 4.78 is 42.2. The van der Waals surface area contributed by atoms with Crippen LogP contribution in [-0.2, 0) is 9.09 Å². The normalized spacial score (nSPS) is 23.5. The standard InChI is InChI=1S/C26H34FO5P/c1-17(32-33(28)29)26(20-10-11-20)21-4-3-5-23(14-21)31-16-18-6-8-19(9-7-18)24-15-22(30-2)12-13-25(24)27/h3-5,12-15,17-20,26,33H,6-11,16H2,1-2H3,(H,28,29)/t17?,18-,19-,26?. The minimum atomic E-state index is -2.97. The maximum Gasteiger partial charge on any atom is 0.316 e. The predicted molar refractivity (Wildman–Crippen MR) is 127 cm³/mol. The molecule has 1 N–H and O–H groups in total. The van der Waals surface area contributed by atoms with Crippen LogP contribution >= 0.6 is 8.25 Å². The van der Waals surface area contributed by atoms with Gasteiger partial charge in [0.25, 0.3) is 0 Å². The van der Waals surface area contributed by atoms with Crippen molar-refractivity contribution in [1.29, 1.82) is 0 Å². The van der Waals surface area contributed by atoms with Gasteiger partial charge in [-0.2, -0.15) is 0 Å². The Morgan fingerprint density at radius 2 is 1.82 bits per heavy atom. The molecule has 0 aromatic heterocycles. The Kier molecular flexibility index (Phi) is 8.11. The molecule has 0 amide bonds. The first kappa shape index (κ1) is 24.3. The molecule has 3 unspecified atom stereocenters. The third-order valence-electron chi connectivity index (χ3n) is 7.14. The third-order valence-corrected chi connectivity index (χ3v) is 7.71. The van der Waals surface area contributed by atoms with Gasteiger partial charge >= 0.3 is 8.25 Å². The van der Waals surface area contributed by atoms with Crippen molar-refractivity contribution in [3.8, 4) is 11.5 Å². The van der Waals surface area contributed by atoms with Crippen molar-refractivity contribution in [2.24, 2.45) is 11.8 Å². The van der Waals surface area contributed by atoms with E-state index in [1.54, 1.807) is 13.2 Å². The summed E-state index contributed by atoms with van der Waals surface area (Å²) in [7, 11) is -1.36. The summed E-state index contributed by atoms with van der Waals surface area (Å²) in [6.07, 6.45) is 5.81.